The van der Waals surface area contributed by atoms with E-state index in [-0.39, 0.29) is 5.56 Å². The minimum atomic E-state index is -4.96. The van der Waals surface area contributed by atoms with Crippen molar-refractivity contribution in [2.75, 3.05) is 0 Å². The zero-order valence-corrected chi connectivity index (χ0v) is 17.2. The Morgan fingerprint density at radius 1 is 1.13 bits per heavy atom. The quantitative estimate of drug-likeness (QED) is 0.362. The van der Waals surface area contributed by atoms with Gasteiger partial charge in [-0.05, 0) is 26.0 Å². The lowest BCUT2D eigenvalue weighted by molar-refractivity contribution is -0.385. The number of nitrogens with zero attached hydrogens (tertiary/aromatic N) is 1. The van der Waals surface area contributed by atoms with Gasteiger partial charge in [0.2, 0.25) is 10.0 Å². The molecule has 168 valence electrons. The van der Waals surface area contributed by atoms with Crippen molar-refractivity contribution in [1.29, 1.82) is 0 Å². The molecule has 0 radical (unpaired) electrons. The van der Waals surface area contributed by atoms with E-state index < -0.39 is 61.8 Å². The fourth-order valence-electron chi connectivity index (χ4n) is 2.83. The fraction of sp³-hybridized carbons (Fsp3) is 0.316. The molecule has 0 fully saturated rings. The van der Waals surface area contributed by atoms with Crippen molar-refractivity contribution in [2.24, 2.45) is 0 Å². The van der Waals surface area contributed by atoms with E-state index in [4.69, 9.17) is 4.74 Å². The number of rotatable bonds is 8. The Morgan fingerprint density at radius 3 is 2.29 bits per heavy atom. The molecule has 0 spiro atoms. The van der Waals surface area contributed by atoms with Crippen molar-refractivity contribution in [3.8, 4) is 0 Å². The number of benzene rings is 2. The summed E-state index contributed by atoms with van der Waals surface area (Å²) in [4.78, 5) is 21.7. The number of halogens is 3. The molecular formula is C19H19F3N2O6S. The highest BCUT2D eigenvalue weighted by Crippen LogP contribution is 2.35. The van der Waals surface area contributed by atoms with Crippen LogP contribution in [0.4, 0.5) is 18.9 Å². The number of nitro groups is 1. The van der Waals surface area contributed by atoms with Gasteiger partial charge in [0, 0.05) is 11.6 Å². The summed E-state index contributed by atoms with van der Waals surface area (Å²) in [6, 6.07) is 6.96. The lowest BCUT2D eigenvalue weighted by Gasteiger charge is -2.21. The average Bonchev–Trinajstić information content (AvgIpc) is 2.66. The van der Waals surface area contributed by atoms with Crippen LogP contribution in [-0.4, -0.2) is 25.4 Å². The van der Waals surface area contributed by atoms with E-state index in [9.17, 15) is 36.5 Å². The molecule has 2 aromatic rings. The van der Waals surface area contributed by atoms with Crippen LogP contribution in [0.25, 0.3) is 0 Å². The van der Waals surface area contributed by atoms with Gasteiger partial charge in [0.05, 0.1) is 33.9 Å². The van der Waals surface area contributed by atoms with E-state index in [1.807, 2.05) is 4.72 Å². The van der Waals surface area contributed by atoms with Crippen molar-refractivity contribution in [3.63, 3.8) is 0 Å². The third-order valence-electron chi connectivity index (χ3n) is 4.03. The molecule has 0 heterocycles. The van der Waals surface area contributed by atoms with Gasteiger partial charge in [0.1, 0.15) is 0 Å². The summed E-state index contributed by atoms with van der Waals surface area (Å²) in [5.74, 6) is -0.884. The number of sulfonamides is 1. The zero-order valence-electron chi connectivity index (χ0n) is 16.4. The minimum absolute atomic E-state index is 0.193. The largest absolute Gasteiger partial charge is 0.463 e. The first-order chi connectivity index (χ1) is 14.3. The average molecular weight is 460 g/mol. The van der Waals surface area contributed by atoms with E-state index in [0.29, 0.717) is 6.07 Å². The van der Waals surface area contributed by atoms with E-state index >= 15 is 0 Å². The van der Waals surface area contributed by atoms with Gasteiger partial charge < -0.3 is 4.74 Å². The summed E-state index contributed by atoms with van der Waals surface area (Å²) in [7, 11) is -4.84. The van der Waals surface area contributed by atoms with Crippen molar-refractivity contribution in [1.82, 2.24) is 4.72 Å². The van der Waals surface area contributed by atoms with Gasteiger partial charge in [0.25, 0.3) is 5.69 Å². The monoisotopic (exact) mass is 460 g/mol. The predicted octanol–water partition coefficient (Wildman–Crippen LogP) is 3.97. The Balaban J connectivity index is 2.54. The number of para-hydroxylation sites is 1. The predicted molar refractivity (Wildman–Crippen MR) is 103 cm³/mol. The van der Waals surface area contributed by atoms with E-state index in [1.165, 1.54) is 18.2 Å². The second-order valence-electron chi connectivity index (χ2n) is 6.73. The topological polar surface area (TPSA) is 116 Å². The number of esters is 1. The van der Waals surface area contributed by atoms with Crippen LogP contribution in [0.3, 0.4) is 0 Å². The fourth-order valence-corrected chi connectivity index (χ4v) is 4.27. The maximum Gasteiger partial charge on any atom is 0.417 e. The Labute approximate surface area is 176 Å². The molecule has 31 heavy (non-hydrogen) atoms. The summed E-state index contributed by atoms with van der Waals surface area (Å²) in [6.45, 7) is 3.09. The molecule has 1 unspecified atom stereocenters. The highest BCUT2D eigenvalue weighted by atomic mass is 32.2. The molecule has 0 saturated carbocycles. The molecule has 1 atom stereocenters. The van der Waals surface area contributed by atoms with Crippen LogP contribution in [0.5, 0.6) is 0 Å². The molecule has 0 amide bonds. The zero-order chi connectivity index (χ0) is 23.4. The number of nitrogens with one attached hydrogen (secondary N) is 1. The summed E-state index contributed by atoms with van der Waals surface area (Å²) in [6.07, 6.45) is -6.19. The normalized spacial score (nSPS) is 13.1. The number of hydrogen-bond acceptors (Lipinski definition) is 6. The van der Waals surface area contributed by atoms with E-state index in [2.05, 4.69) is 0 Å². The van der Waals surface area contributed by atoms with Gasteiger partial charge in [0.15, 0.2) is 0 Å². The molecular weight excluding hydrogens is 441 g/mol. The maximum atomic E-state index is 13.3. The lowest BCUT2D eigenvalue weighted by atomic mass is 10.0. The number of carbonyl (C=O) groups excluding carboxylic acids is 1. The van der Waals surface area contributed by atoms with Gasteiger partial charge >= 0.3 is 12.1 Å². The molecule has 12 heteroatoms. The van der Waals surface area contributed by atoms with Gasteiger partial charge in [-0.15, -0.1) is 0 Å². The SMILES string of the molecule is CC(C)OC(=O)CC(NS(=O)(=O)c1ccccc1C(F)(F)F)c1ccccc1[N+](=O)[O-]. The first-order valence-corrected chi connectivity index (χ1v) is 10.4. The van der Waals surface area contributed by atoms with Crippen LogP contribution in [0.2, 0.25) is 0 Å². The molecule has 8 nitrogen and oxygen atoms in total. The van der Waals surface area contributed by atoms with Gasteiger partial charge in [-0.25, -0.2) is 13.1 Å². The highest BCUT2D eigenvalue weighted by molar-refractivity contribution is 7.89. The first-order valence-electron chi connectivity index (χ1n) is 8.94. The van der Waals surface area contributed by atoms with Crippen molar-refractivity contribution in [3.05, 3.63) is 69.8 Å². The summed E-state index contributed by atoms with van der Waals surface area (Å²) in [5.41, 5.74) is -2.11. The van der Waals surface area contributed by atoms with E-state index in [1.54, 1.807) is 13.8 Å². The molecule has 0 aliphatic heterocycles. The second-order valence-corrected chi connectivity index (χ2v) is 8.41. The first kappa shape index (κ1) is 24.3. The maximum absolute atomic E-state index is 13.3. The third-order valence-corrected chi connectivity index (χ3v) is 5.56. The van der Waals surface area contributed by atoms with Crippen LogP contribution < -0.4 is 4.72 Å². The van der Waals surface area contributed by atoms with Crippen LogP contribution in [0, 0.1) is 10.1 Å². The Kier molecular flexibility index (Phi) is 7.39. The molecule has 0 aliphatic rings. The van der Waals surface area contributed by atoms with Gasteiger partial charge in [-0.2, -0.15) is 13.2 Å². The van der Waals surface area contributed by atoms with Crippen molar-refractivity contribution >= 4 is 21.7 Å². The number of ether oxygens (including phenoxy) is 1. The second kappa shape index (κ2) is 9.43. The molecule has 0 aliphatic carbocycles. The van der Waals surface area contributed by atoms with Crippen molar-refractivity contribution < 1.29 is 36.0 Å². The molecule has 0 saturated heterocycles. The van der Waals surface area contributed by atoms with Crippen LogP contribution in [0.15, 0.2) is 53.4 Å². The number of carbonyl (C=O) groups is 1. The molecule has 2 rings (SSSR count). The Bertz CT molecular complexity index is 1070. The number of alkyl halides is 3. The number of hydrogen-bond donors (Lipinski definition) is 1. The highest BCUT2D eigenvalue weighted by Gasteiger charge is 2.38. The lowest BCUT2D eigenvalue weighted by Crippen LogP contribution is -2.32. The van der Waals surface area contributed by atoms with E-state index in [0.717, 1.165) is 24.3 Å². The summed E-state index contributed by atoms with van der Waals surface area (Å²) in [5, 5.41) is 11.4. The van der Waals surface area contributed by atoms with Crippen LogP contribution >= 0.6 is 0 Å². The summed E-state index contributed by atoms with van der Waals surface area (Å²) >= 11 is 0. The van der Waals surface area contributed by atoms with Crippen LogP contribution in [-0.2, 0) is 25.7 Å². The molecule has 0 bridgehead atoms. The van der Waals surface area contributed by atoms with Gasteiger partial charge in [-0.3, -0.25) is 14.9 Å². The molecule has 0 aromatic heterocycles. The van der Waals surface area contributed by atoms with Crippen molar-refractivity contribution in [2.45, 2.75) is 43.5 Å². The standard InChI is InChI=1S/C19H19F3N2O6S/c1-12(2)30-18(25)11-15(13-7-3-5-9-16(13)24(26)27)23-31(28,29)17-10-6-4-8-14(17)19(20,21)22/h3-10,12,15,23H,11H2,1-2H3. The van der Waals surface area contributed by atoms with Gasteiger partial charge in [-0.1, -0.05) is 30.3 Å². The summed E-state index contributed by atoms with van der Waals surface area (Å²) < 4.78 is 72.6. The Morgan fingerprint density at radius 2 is 1.71 bits per heavy atom. The molecule has 2 aromatic carbocycles. The number of nitro benzene ring substituents is 1. The van der Waals surface area contributed by atoms with Crippen LogP contribution in [0.1, 0.15) is 37.4 Å². The Hall–Kier alpha value is -2.99. The minimum Gasteiger partial charge on any atom is -0.463 e. The molecule has 1 N–H and O–H groups in total. The smallest absolute Gasteiger partial charge is 0.417 e. The third kappa shape index (κ3) is 6.25.